The smallest absolute Gasteiger partial charge is 0.289 e. The van der Waals surface area contributed by atoms with E-state index in [0.717, 1.165) is 25.0 Å². The van der Waals surface area contributed by atoms with Gasteiger partial charge in [0, 0.05) is 30.4 Å². The van der Waals surface area contributed by atoms with Gasteiger partial charge >= 0.3 is 0 Å². The molecule has 1 aromatic rings. The first-order valence-corrected chi connectivity index (χ1v) is 14.6. The minimum absolute atomic E-state index is 0.208. The SMILES string of the molecule is CCNC(=O)C(=O)C(Cc1ccc(F)c(F)c1)NC(=O)C(NC(=O)CCCCC1CCSS1)C(C)C. The van der Waals surface area contributed by atoms with Crippen LogP contribution in [0.15, 0.2) is 18.2 Å². The fraction of sp³-hybridized carbons (Fsp3) is 0.600. The third-order valence-corrected chi connectivity index (χ3v) is 8.80. The molecule has 36 heavy (non-hydrogen) atoms. The molecule has 0 bridgehead atoms. The molecule has 1 heterocycles. The molecule has 3 amide bonds. The lowest BCUT2D eigenvalue weighted by molar-refractivity contribution is -0.140. The molecule has 1 aliphatic rings. The van der Waals surface area contributed by atoms with Crippen molar-refractivity contribution in [3.05, 3.63) is 35.4 Å². The van der Waals surface area contributed by atoms with Crippen LogP contribution in [0.25, 0.3) is 0 Å². The molecule has 3 N–H and O–H groups in total. The summed E-state index contributed by atoms with van der Waals surface area (Å²) in [6.07, 6.45) is 3.98. The number of ketones is 1. The zero-order chi connectivity index (χ0) is 26.7. The number of amides is 3. The molecule has 1 aromatic carbocycles. The number of halogens is 2. The Kier molecular flexibility index (Phi) is 12.7. The Morgan fingerprint density at radius 1 is 1.08 bits per heavy atom. The first-order valence-electron chi connectivity index (χ1n) is 12.3. The molecular formula is C25H35F2N3O4S2. The van der Waals surface area contributed by atoms with E-state index in [-0.39, 0.29) is 36.8 Å². The number of hydrogen-bond acceptors (Lipinski definition) is 6. The number of unbranched alkanes of at least 4 members (excludes halogenated alkanes) is 1. The van der Waals surface area contributed by atoms with Gasteiger partial charge in [0.15, 0.2) is 11.6 Å². The molecule has 1 aliphatic heterocycles. The first-order chi connectivity index (χ1) is 17.1. The molecule has 1 saturated heterocycles. The second-order valence-corrected chi connectivity index (χ2v) is 11.9. The third-order valence-electron chi connectivity index (χ3n) is 5.79. The van der Waals surface area contributed by atoms with E-state index in [1.165, 1.54) is 18.2 Å². The standard InChI is InChI=1S/C25H35F2N3O4S2/c1-4-28-25(34)23(32)20(14-16-9-10-18(26)19(27)13-16)29-24(33)22(15(2)3)30-21(31)8-6-5-7-17-11-12-35-36-17/h9-10,13,15,17,20,22H,4-8,11-12,14H2,1-3H3,(H,28,34)(H,29,33)(H,30,31). The Bertz CT molecular complexity index is 927. The van der Waals surface area contributed by atoms with Gasteiger partial charge in [0.2, 0.25) is 17.6 Å². The average molecular weight is 544 g/mol. The summed E-state index contributed by atoms with van der Waals surface area (Å²) in [6.45, 7) is 5.37. The number of carbonyl (C=O) groups is 4. The minimum Gasteiger partial charge on any atom is -0.350 e. The summed E-state index contributed by atoms with van der Waals surface area (Å²) in [6, 6.07) is 0.890. The van der Waals surface area contributed by atoms with Crippen LogP contribution in [0.3, 0.4) is 0 Å². The molecule has 2 rings (SSSR count). The van der Waals surface area contributed by atoms with Gasteiger partial charge < -0.3 is 16.0 Å². The quantitative estimate of drug-likeness (QED) is 0.188. The van der Waals surface area contributed by atoms with Crippen molar-refractivity contribution in [2.45, 2.75) is 76.6 Å². The minimum atomic E-state index is -1.31. The molecular weight excluding hydrogens is 508 g/mol. The van der Waals surface area contributed by atoms with E-state index < -0.39 is 41.3 Å². The van der Waals surface area contributed by atoms with Crippen LogP contribution in [0, 0.1) is 17.6 Å². The molecule has 0 aromatic heterocycles. The maximum Gasteiger partial charge on any atom is 0.289 e. The normalized spacial score (nSPS) is 16.9. The highest BCUT2D eigenvalue weighted by atomic mass is 33.1. The summed E-state index contributed by atoms with van der Waals surface area (Å²) >= 11 is 0. The highest BCUT2D eigenvalue weighted by Gasteiger charge is 2.31. The number of Topliss-reactive ketones (excluding diaryl/α,β-unsaturated/α-hetero) is 1. The summed E-state index contributed by atoms with van der Waals surface area (Å²) in [4.78, 5) is 50.5. The van der Waals surface area contributed by atoms with E-state index in [1.54, 1.807) is 20.8 Å². The number of hydrogen-bond donors (Lipinski definition) is 3. The molecule has 7 nitrogen and oxygen atoms in total. The van der Waals surface area contributed by atoms with Gasteiger partial charge in [-0.15, -0.1) is 0 Å². The second-order valence-electron chi connectivity index (χ2n) is 9.10. The van der Waals surface area contributed by atoms with Crippen LogP contribution in [-0.2, 0) is 25.6 Å². The van der Waals surface area contributed by atoms with Gasteiger partial charge in [-0.1, -0.05) is 47.9 Å². The van der Waals surface area contributed by atoms with Gasteiger partial charge in [-0.25, -0.2) is 8.78 Å². The highest BCUT2D eigenvalue weighted by molar-refractivity contribution is 8.77. The van der Waals surface area contributed by atoms with Gasteiger partial charge in [0.05, 0.1) is 0 Å². The Hall–Kier alpha value is -2.14. The third kappa shape index (κ3) is 9.72. The van der Waals surface area contributed by atoms with Crippen LogP contribution in [0.5, 0.6) is 0 Å². The number of nitrogens with one attached hydrogen (secondary N) is 3. The average Bonchev–Trinajstić information content (AvgIpc) is 3.35. The van der Waals surface area contributed by atoms with Crippen LogP contribution >= 0.6 is 21.6 Å². The van der Waals surface area contributed by atoms with Crippen molar-refractivity contribution in [2.75, 3.05) is 12.3 Å². The Balaban J connectivity index is 2.02. The maximum atomic E-state index is 13.7. The lowest BCUT2D eigenvalue weighted by atomic mass is 9.98. The zero-order valence-electron chi connectivity index (χ0n) is 20.9. The predicted octanol–water partition coefficient (Wildman–Crippen LogP) is 3.55. The summed E-state index contributed by atoms with van der Waals surface area (Å²) in [5.41, 5.74) is 0.237. The van der Waals surface area contributed by atoms with Gasteiger partial charge in [-0.3, -0.25) is 19.2 Å². The summed E-state index contributed by atoms with van der Waals surface area (Å²) in [5.74, 6) is -3.95. The monoisotopic (exact) mass is 543 g/mol. The van der Waals surface area contributed by atoms with E-state index in [4.69, 9.17) is 0 Å². The Morgan fingerprint density at radius 3 is 2.44 bits per heavy atom. The number of likely N-dealkylation sites (N-methyl/N-ethyl adjacent to an activating group) is 1. The van der Waals surface area contributed by atoms with E-state index in [1.807, 2.05) is 21.6 Å². The molecule has 3 atom stereocenters. The second kappa shape index (κ2) is 15.2. The van der Waals surface area contributed by atoms with Gasteiger partial charge in [0.1, 0.15) is 12.1 Å². The van der Waals surface area contributed by atoms with E-state index in [0.29, 0.717) is 11.7 Å². The molecule has 200 valence electrons. The molecule has 1 fully saturated rings. The molecule has 0 spiro atoms. The van der Waals surface area contributed by atoms with Crippen molar-refractivity contribution in [3.8, 4) is 0 Å². The Morgan fingerprint density at radius 2 is 1.83 bits per heavy atom. The topological polar surface area (TPSA) is 104 Å². The van der Waals surface area contributed by atoms with E-state index in [2.05, 4.69) is 16.0 Å². The molecule has 3 unspecified atom stereocenters. The van der Waals surface area contributed by atoms with Gasteiger partial charge in [-0.05, 0) is 49.8 Å². The van der Waals surface area contributed by atoms with Crippen LogP contribution < -0.4 is 16.0 Å². The van der Waals surface area contributed by atoms with Crippen molar-refractivity contribution in [1.82, 2.24) is 16.0 Å². The van der Waals surface area contributed by atoms with Crippen molar-refractivity contribution >= 4 is 45.1 Å². The largest absolute Gasteiger partial charge is 0.350 e. The molecule has 0 aliphatic carbocycles. The van der Waals surface area contributed by atoms with Gasteiger partial charge in [-0.2, -0.15) is 0 Å². The van der Waals surface area contributed by atoms with Gasteiger partial charge in [0.25, 0.3) is 5.91 Å². The number of rotatable bonds is 14. The van der Waals surface area contributed by atoms with Crippen molar-refractivity contribution in [2.24, 2.45) is 5.92 Å². The lowest BCUT2D eigenvalue weighted by Crippen LogP contribution is -2.56. The van der Waals surface area contributed by atoms with Crippen molar-refractivity contribution in [1.29, 1.82) is 0 Å². The Labute approximate surface area is 219 Å². The van der Waals surface area contributed by atoms with E-state index in [9.17, 15) is 28.0 Å². The number of carbonyl (C=O) groups excluding carboxylic acids is 4. The lowest BCUT2D eigenvalue weighted by Gasteiger charge is -2.25. The first kappa shape index (κ1) is 30.1. The summed E-state index contributed by atoms with van der Waals surface area (Å²) in [7, 11) is 3.79. The van der Waals surface area contributed by atoms with Crippen LogP contribution in [0.2, 0.25) is 0 Å². The molecule has 11 heteroatoms. The van der Waals surface area contributed by atoms with E-state index >= 15 is 0 Å². The van der Waals surface area contributed by atoms with Crippen LogP contribution in [0.1, 0.15) is 58.4 Å². The van der Waals surface area contributed by atoms with Crippen molar-refractivity contribution < 1.29 is 28.0 Å². The fourth-order valence-electron chi connectivity index (χ4n) is 3.78. The highest BCUT2D eigenvalue weighted by Crippen LogP contribution is 2.39. The summed E-state index contributed by atoms with van der Waals surface area (Å²) < 4.78 is 27.0. The zero-order valence-corrected chi connectivity index (χ0v) is 22.5. The predicted molar refractivity (Wildman–Crippen MR) is 139 cm³/mol. The summed E-state index contributed by atoms with van der Waals surface area (Å²) in [5, 5.41) is 8.32. The number of benzene rings is 1. The fourth-order valence-corrected chi connectivity index (χ4v) is 6.81. The van der Waals surface area contributed by atoms with Crippen LogP contribution in [-0.4, -0.2) is 53.1 Å². The molecule has 0 saturated carbocycles. The maximum absolute atomic E-state index is 13.7. The van der Waals surface area contributed by atoms with Crippen LogP contribution in [0.4, 0.5) is 8.78 Å². The molecule has 0 radical (unpaired) electrons. The van der Waals surface area contributed by atoms with Crippen molar-refractivity contribution in [3.63, 3.8) is 0 Å².